The van der Waals surface area contributed by atoms with Gasteiger partial charge in [-0.3, -0.25) is 14.6 Å². The van der Waals surface area contributed by atoms with E-state index in [9.17, 15) is 14.0 Å². The van der Waals surface area contributed by atoms with Gasteiger partial charge in [-0.25, -0.2) is 4.39 Å². The molecule has 2 amide bonds. The molecule has 1 unspecified atom stereocenters. The number of carbonyl (C=O) groups excluding carboxylic acids is 2. The lowest BCUT2D eigenvalue weighted by Crippen LogP contribution is -2.22. The van der Waals surface area contributed by atoms with Crippen molar-refractivity contribution in [3.8, 4) is 11.8 Å². The largest absolute Gasteiger partial charge is 0.348 e. The van der Waals surface area contributed by atoms with Crippen LogP contribution in [0.2, 0.25) is 0 Å². The van der Waals surface area contributed by atoms with Crippen molar-refractivity contribution in [1.82, 2.24) is 10.2 Å². The zero-order valence-electron chi connectivity index (χ0n) is 23.4. The van der Waals surface area contributed by atoms with E-state index in [2.05, 4.69) is 27.4 Å². The van der Waals surface area contributed by atoms with Crippen LogP contribution in [0.1, 0.15) is 28.2 Å². The van der Waals surface area contributed by atoms with E-state index in [0.717, 1.165) is 38.7 Å². The second-order valence-electron chi connectivity index (χ2n) is 10.0. The highest BCUT2D eigenvalue weighted by Crippen LogP contribution is 2.42. The number of anilines is 1. The van der Waals surface area contributed by atoms with Crippen LogP contribution in [0, 0.1) is 17.7 Å². The molecule has 0 bridgehead atoms. The van der Waals surface area contributed by atoms with E-state index in [1.807, 2.05) is 74.8 Å². The van der Waals surface area contributed by atoms with E-state index in [-0.39, 0.29) is 11.7 Å². The topological polar surface area (TPSA) is 73.8 Å². The minimum Gasteiger partial charge on any atom is -0.348 e. The van der Waals surface area contributed by atoms with Crippen molar-refractivity contribution in [2.45, 2.75) is 22.3 Å². The Morgan fingerprint density at radius 2 is 1.74 bits per heavy atom. The van der Waals surface area contributed by atoms with E-state index in [1.165, 1.54) is 30.9 Å². The molecule has 2 N–H and O–H groups in total. The molecular formula is C34H29FN4O2S. The van der Waals surface area contributed by atoms with Crippen molar-refractivity contribution in [3.05, 3.63) is 119 Å². The number of rotatable bonds is 7. The summed E-state index contributed by atoms with van der Waals surface area (Å²) in [5.74, 6) is 3.87. The van der Waals surface area contributed by atoms with Gasteiger partial charge < -0.3 is 15.5 Å². The summed E-state index contributed by atoms with van der Waals surface area (Å²) in [6.07, 6.45) is 0. The number of carbonyl (C=O) groups is 2. The zero-order valence-corrected chi connectivity index (χ0v) is 24.3. The van der Waals surface area contributed by atoms with E-state index >= 15 is 0 Å². The maximum atomic E-state index is 13.6. The Balaban J connectivity index is 1.62. The molecule has 1 aliphatic rings. The predicted octanol–water partition coefficient (Wildman–Crippen LogP) is 5.99. The first-order valence-electron chi connectivity index (χ1n) is 13.3. The molecular weight excluding hydrogens is 547 g/mol. The summed E-state index contributed by atoms with van der Waals surface area (Å²) in [4.78, 5) is 34.1. The van der Waals surface area contributed by atoms with Gasteiger partial charge in [0.05, 0.1) is 11.4 Å². The number of halogens is 1. The Hall–Kier alpha value is -4.71. The Morgan fingerprint density at radius 3 is 2.40 bits per heavy atom. The first-order valence-corrected chi connectivity index (χ1v) is 14.2. The third-order valence-corrected chi connectivity index (χ3v) is 7.66. The third-order valence-electron chi connectivity index (χ3n) is 6.59. The van der Waals surface area contributed by atoms with Crippen LogP contribution in [0.15, 0.2) is 106 Å². The zero-order chi connectivity index (χ0) is 29.6. The smallest absolute Gasteiger partial charge is 0.295 e. The average molecular weight is 577 g/mol. The van der Waals surface area contributed by atoms with Gasteiger partial charge in [-0.1, -0.05) is 60.1 Å². The molecule has 0 spiro atoms. The van der Waals surface area contributed by atoms with Gasteiger partial charge in [0.1, 0.15) is 11.7 Å². The molecule has 210 valence electrons. The molecule has 5 rings (SSSR count). The molecule has 6 nitrogen and oxygen atoms in total. The summed E-state index contributed by atoms with van der Waals surface area (Å²) in [6.45, 7) is 0.813. The highest BCUT2D eigenvalue weighted by atomic mass is 32.2. The van der Waals surface area contributed by atoms with E-state index in [4.69, 9.17) is 4.99 Å². The molecule has 1 atom stereocenters. The number of hydrogen-bond donors (Lipinski definition) is 2. The second-order valence-corrected chi connectivity index (χ2v) is 11.1. The molecule has 0 aliphatic carbocycles. The lowest BCUT2D eigenvalue weighted by Gasteiger charge is -2.16. The number of amides is 2. The molecule has 4 aromatic rings. The van der Waals surface area contributed by atoms with Crippen molar-refractivity contribution >= 4 is 40.7 Å². The van der Waals surface area contributed by atoms with Gasteiger partial charge in [-0.15, -0.1) is 0 Å². The molecule has 0 radical (unpaired) electrons. The fraction of sp³-hybridized carbons (Fsp3) is 0.147. The van der Waals surface area contributed by atoms with Gasteiger partial charge in [0, 0.05) is 40.6 Å². The van der Waals surface area contributed by atoms with E-state index in [1.54, 1.807) is 18.2 Å². The summed E-state index contributed by atoms with van der Waals surface area (Å²) in [5, 5.41) is 5.50. The lowest BCUT2D eigenvalue weighted by molar-refractivity contribution is -0.116. The Morgan fingerprint density at radius 1 is 1.02 bits per heavy atom. The highest BCUT2D eigenvalue weighted by molar-refractivity contribution is 7.99. The van der Waals surface area contributed by atoms with Crippen LogP contribution in [-0.2, 0) is 16.1 Å². The monoisotopic (exact) mass is 576 g/mol. The van der Waals surface area contributed by atoms with E-state index < -0.39 is 11.8 Å². The van der Waals surface area contributed by atoms with Crippen molar-refractivity contribution in [1.29, 1.82) is 0 Å². The molecule has 4 aromatic carbocycles. The molecule has 0 aromatic heterocycles. The molecule has 1 heterocycles. The van der Waals surface area contributed by atoms with Gasteiger partial charge in [-0.05, 0) is 79.3 Å². The van der Waals surface area contributed by atoms with Gasteiger partial charge in [0.15, 0.2) is 0 Å². The van der Waals surface area contributed by atoms with Crippen LogP contribution >= 0.6 is 11.8 Å². The van der Waals surface area contributed by atoms with Crippen LogP contribution in [0.25, 0.3) is 0 Å². The Kier molecular flexibility index (Phi) is 8.82. The van der Waals surface area contributed by atoms with Gasteiger partial charge in [-0.2, -0.15) is 0 Å². The Labute approximate surface area is 249 Å². The number of benzene rings is 4. The highest BCUT2D eigenvalue weighted by Gasteiger charge is 2.36. The minimum atomic E-state index is -0.683. The second kappa shape index (κ2) is 12.9. The molecule has 42 heavy (non-hydrogen) atoms. The first-order chi connectivity index (χ1) is 20.3. The molecule has 0 saturated heterocycles. The quantitative estimate of drug-likeness (QED) is 0.209. The van der Waals surface area contributed by atoms with E-state index in [0.29, 0.717) is 17.0 Å². The maximum absolute atomic E-state index is 13.6. The summed E-state index contributed by atoms with van der Waals surface area (Å²) in [7, 11) is 5.56. The number of fused-ring (bicyclic) bond motifs is 1. The van der Waals surface area contributed by atoms with Crippen molar-refractivity contribution in [2.75, 3.05) is 26.5 Å². The average Bonchev–Trinajstić information content (AvgIpc) is 3.30. The number of hydrogen-bond acceptors (Lipinski definition) is 5. The molecule has 0 fully saturated rings. The SMILES string of the molecule is CNC(=O)C#Cc1cc2c(cc1Sc1ccc(F)cc1)C(C(=Nc1ccc(CN(C)C)cc1)c1ccccc1)C(=O)N2. The van der Waals surface area contributed by atoms with Crippen LogP contribution in [0.5, 0.6) is 0 Å². The fourth-order valence-corrected chi connectivity index (χ4v) is 5.58. The summed E-state index contributed by atoms with van der Waals surface area (Å²) < 4.78 is 13.6. The van der Waals surface area contributed by atoms with Gasteiger partial charge in [0.25, 0.3) is 5.91 Å². The first kappa shape index (κ1) is 28.8. The number of nitrogens with zero attached hydrogens (tertiary/aromatic N) is 2. The summed E-state index contributed by atoms with van der Waals surface area (Å²) in [5.41, 5.74) is 5.29. The minimum absolute atomic E-state index is 0.203. The van der Waals surface area contributed by atoms with Crippen molar-refractivity contribution in [3.63, 3.8) is 0 Å². The summed E-state index contributed by atoms with van der Waals surface area (Å²) >= 11 is 1.39. The number of aliphatic imine (C=N–C) groups is 1. The third kappa shape index (κ3) is 6.77. The summed E-state index contributed by atoms with van der Waals surface area (Å²) in [6, 6.07) is 27.5. The Bertz CT molecular complexity index is 1710. The van der Waals surface area contributed by atoms with Crippen molar-refractivity contribution < 1.29 is 14.0 Å². The maximum Gasteiger partial charge on any atom is 0.295 e. The van der Waals surface area contributed by atoms with Crippen molar-refractivity contribution in [2.24, 2.45) is 4.99 Å². The standard InChI is InChI=1S/C34H29FN4O2S/c1-36-31(40)18-11-24-19-29-28(20-30(24)42-27-16-12-25(35)13-17-27)32(34(41)38-29)33(23-7-5-4-6-8-23)37-26-14-9-22(10-15-26)21-39(2)3/h4-10,12-17,19-20,32H,21H2,1-3H3,(H,36,40)(H,38,41). The van der Waals surface area contributed by atoms with Gasteiger partial charge in [0.2, 0.25) is 5.91 Å². The molecule has 1 aliphatic heterocycles. The predicted molar refractivity (Wildman–Crippen MR) is 166 cm³/mol. The van der Waals surface area contributed by atoms with Crippen LogP contribution in [-0.4, -0.2) is 43.6 Å². The molecule has 8 heteroatoms. The van der Waals surface area contributed by atoms with Crippen LogP contribution in [0.3, 0.4) is 0 Å². The fourth-order valence-electron chi connectivity index (χ4n) is 4.64. The number of nitrogens with one attached hydrogen (secondary N) is 2. The normalized spacial score (nSPS) is 14.2. The molecule has 0 saturated carbocycles. The lowest BCUT2D eigenvalue weighted by atomic mass is 9.90. The van der Waals surface area contributed by atoms with Gasteiger partial charge >= 0.3 is 0 Å². The van der Waals surface area contributed by atoms with Crippen LogP contribution in [0.4, 0.5) is 15.8 Å². The van der Waals surface area contributed by atoms with Crippen LogP contribution < -0.4 is 10.6 Å².